The Balaban J connectivity index is 1.94. The Labute approximate surface area is 124 Å². The first-order valence-electron chi connectivity index (χ1n) is 6.31. The highest BCUT2D eigenvalue weighted by atomic mass is 32.1. The number of carboxylic acids is 1. The molecular formula is C14H13NO3S2. The fourth-order valence-corrected chi connectivity index (χ4v) is 4.58. The number of nitrogens with one attached hydrogen (secondary N) is 1. The lowest BCUT2D eigenvalue weighted by molar-refractivity contribution is 0.0697. The lowest BCUT2D eigenvalue weighted by Crippen LogP contribution is -2.13. The Morgan fingerprint density at radius 3 is 2.80 bits per heavy atom. The number of hydrogen-bond donors (Lipinski definition) is 2. The van der Waals surface area contributed by atoms with E-state index in [2.05, 4.69) is 5.32 Å². The number of hydrogen-bond acceptors (Lipinski definition) is 4. The van der Waals surface area contributed by atoms with E-state index < -0.39 is 5.97 Å². The number of aryl methyl sites for hydroxylation is 2. The third-order valence-corrected chi connectivity index (χ3v) is 5.65. The number of carbonyl (C=O) groups is 2. The van der Waals surface area contributed by atoms with Gasteiger partial charge in [-0.25, -0.2) is 4.79 Å². The van der Waals surface area contributed by atoms with E-state index in [-0.39, 0.29) is 11.5 Å². The minimum atomic E-state index is -0.956. The van der Waals surface area contributed by atoms with Crippen LogP contribution in [-0.2, 0) is 12.8 Å². The van der Waals surface area contributed by atoms with Crippen molar-refractivity contribution >= 4 is 39.6 Å². The topological polar surface area (TPSA) is 66.4 Å². The van der Waals surface area contributed by atoms with Gasteiger partial charge in [-0.15, -0.1) is 22.7 Å². The third kappa shape index (κ3) is 2.14. The van der Waals surface area contributed by atoms with E-state index in [9.17, 15) is 14.7 Å². The quantitative estimate of drug-likeness (QED) is 0.911. The molecule has 20 heavy (non-hydrogen) atoms. The highest BCUT2D eigenvalue weighted by molar-refractivity contribution is 7.17. The van der Waals surface area contributed by atoms with Crippen LogP contribution in [0.2, 0.25) is 0 Å². The summed E-state index contributed by atoms with van der Waals surface area (Å²) >= 11 is 2.77. The molecule has 0 bridgehead atoms. The summed E-state index contributed by atoms with van der Waals surface area (Å²) in [6.07, 6.45) is 2.70. The molecule has 1 aliphatic carbocycles. The highest BCUT2D eigenvalue weighted by Gasteiger charge is 2.27. The zero-order valence-corrected chi connectivity index (χ0v) is 12.5. The van der Waals surface area contributed by atoms with Gasteiger partial charge in [0.05, 0.1) is 10.4 Å². The molecule has 2 heterocycles. The lowest BCUT2D eigenvalue weighted by atomic mass is 10.1. The van der Waals surface area contributed by atoms with Crippen molar-refractivity contribution in [3.05, 3.63) is 37.9 Å². The fraction of sp³-hybridized carbons (Fsp3) is 0.286. The van der Waals surface area contributed by atoms with E-state index >= 15 is 0 Å². The Morgan fingerprint density at radius 2 is 2.15 bits per heavy atom. The fourth-order valence-electron chi connectivity index (χ4n) is 2.48. The molecule has 0 unspecified atom stereocenters. The molecule has 2 aromatic heterocycles. The zero-order chi connectivity index (χ0) is 14.3. The monoisotopic (exact) mass is 307 g/mol. The van der Waals surface area contributed by atoms with E-state index in [1.807, 2.05) is 18.4 Å². The van der Waals surface area contributed by atoms with Gasteiger partial charge in [-0.1, -0.05) is 0 Å². The molecule has 1 amide bonds. The number of amides is 1. The molecule has 1 aliphatic rings. The normalized spacial score (nSPS) is 13.2. The molecule has 0 fully saturated rings. The van der Waals surface area contributed by atoms with Crippen LogP contribution >= 0.6 is 22.7 Å². The smallest absolute Gasteiger partial charge is 0.339 e. The van der Waals surface area contributed by atoms with Gasteiger partial charge in [0.2, 0.25) is 0 Å². The van der Waals surface area contributed by atoms with Crippen molar-refractivity contribution in [3.8, 4) is 0 Å². The highest BCUT2D eigenvalue weighted by Crippen LogP contribution is 2.39. The summed E-state index contributed by atoms with van der Waals surface area (Å²) in [5.74, 6) is -1.18. The summed E-state index contributed by atoms with van der Waals surface area (Å²) in [6.45, 7) is 1.87. The van der Waals surface area contributed by atoms with Gasteiger partial charge in [0, 0.05) is 4.88 Å². The average molecular weight is 307 g/mol. The van der Waals surface area contributed by atoms with Crippen LogP contribution in [0.3, 0.4) is 0 Å². The molecule has 0 spiro atoms. The summed E-state index contributed by atoms with van der Waals surface area (Å²) in [7, 11) is 0. The number of thiophene rings is 2. The molecule has 6 heteroatoms. The van der Waals surface area contributed by atoms with Crippen LogP contribution in [0.15, 0.2) is 11.4 Å². The van der Waals surface area contributed by atoms with Crippen molar-refractivity contribution < 1.29 is 14.7 Å². The predicted octanol–water partition coefficient (Wildman–Crippen LogP) is 3.56. The second kappa shape index (κ2) is 5.03. The SMILES string of the molecule is Cc1ccsc1C(=O)Nc1sc2c(c1C(=O)O)CCC2. The molecule has 0 saturated heterocycles. The van der Waals surface area contributed by atoms with Crippen LogP contribution in [0, 0.1) is 6.92 Å². The molecule has 0 atom stereocenters. The van der Waals surface area contributed by atoms with Crippen LogP contribution in [0.25, 0.3) is 0 Å². The summed E-state index contributed by atoms with van der Waals surface area (Å²) in [5, 5.41) is 14.5. The van der Waals surface area contributed by atoms with Gasteiger partial charge in [0.15, 0.2) is 0 Å². The molecule has 2 aromatic rings. The largest absolute Gasteiger partial charge is 0.478 e. The van der Waals surface area contributed by atoms with Crippen LogP contribution < -0.4 is 5.32 Å². The van der Waals surface area contributed by atoms with Crippen LogP contribution in [-0.4, -0.2) is 17.0 Å². The van der Waals surface area contributed by atoms with Crippen LogP contribution in [0.1, 0.15) is 42.5 Å². The second-order valence-corrected chi connectivity index (χ2v) is 6.77. The zero-order valence-electron chi connectivity index (χ0n) is 10.9. The maximum atomic E-state index is 12.2. The number of carbonyl (C=O) groups excluding carboxylic acids is 1. The first-order chi connectivity index (χ1) is 9.58. The third-order valence-electron chi connectivity index (χ3n) is 3.43. The van der Waals surface area contributed by atoms with Gasteiger partial charge >= 0.3 is 5.97 Å². The van der Waals surface area contributed by atoms with Crippen molar-refractivity contribution in [3.63, 3.8) is 0 Å². The first-order valence-corrected chi connectivity index (χ1v) is 8.01. The molecule has 104 valence electrons. The molecule has 4 nitrogen and oxygen atoms in total. The van der Waals surface area contributed by atoms with Crippen molar-refractivity contribution in [1.29, 1.82) is 0 Å². The summed E-state index contributed by atoms with van der Waals surface area (Å²) in [5.41, 5.74) is 2.10. The molecule has 3 rings (SSSR count). The molecule has 0 radical (unpaired) electrons. The lowest BCUT2D eigenvalue weighted by Gasteiger charge is -2.04. The van der Waals surface area contributed by atoms with Crippen molar-refractivity contribution in [2.45, 2.75) is 26.2 Å². The van der Waals surface area contributed by atoms with Gasteiger partial charge in [-0.2, -0.15) is 0 Å². The second-order valence-electron chi connectivity index (χ2n) is 4.75. The van der Waals surface area contributed by atoms with Gasteiger partial charge in [-0.3, -0.25) is 4.79 Å². The van der Waals surface area contributed by atoms with Crippen LogP contribution in [0.5, 0.6) is 0 Å². The Kier molecular flexibility index (Phi) is 3.35. The molecule has 0 aliphatic heterocycles. The number of aromatic carboxylic acids is 1. The summed E-state index contributed by atoms with van der Waals surface area (Å²) < 4.78 is 0. The average Bonchev–Trinajstić information content (AvgIpc) is 3.03. The van der Waals surface area contributed by atoms with E-state index in [1.165, 1.54) is 22.7 Å². The standard InChI is InChI=1S/C14H13NO3S2/c1-7-5-6-19-11(7)12(16)15-13-10(14(17)18)8-3-2-4-9(8)20-13/h5-6H,2-4H2,1H3,(H,15,16)(H,17,18). The van der Waals surface area contributed by atoms with Crippen LogP contribution in [0.4, 0.5) is 5.00 Å². The van der Waals surface area contributed by atoms with Gasteiger partial charge in [-0.05, 0) is 48.8 Å². The van der Waals surface area contributed by atoms with Gasteiger partial charge < -0.3 is 10.4 Å². The maximum absolute atomic E-state index is 12.2. The first kappa shape index (κ1) is 13.3. The van der Waals surface area contributed by atoms with E-state index in [4.69, 9.17) is 0 Å². The van der Waals surface area contributed by atoms with Gasteiger partial charge in [0.25, 0.3) is 5.91 Å². The molecule has 2 N–H and O–H groups in total. The summed E-state index contributed by atoms with van der Waals surface area (Å²) in [6, 6.07) is 1.88. The van der Waals surface area contributed by atoms with Crippen molar-refractivity contribution in [1.82, 2.24) is 0 Å². The maximum Gasteiger partial charge on any atom is 0.339 e. The molecule has 0 aromatic carbocycles. The van der Waals surface area contributed by atoms with E-state index in [1.54, 1.807) is 0 Å². The number of rotatable bonds is 3. The van der Waals surface area contributed by atoms with E-state index in [0.717, 1.165) is 35.3 Å². The predicted molar refractivity (Wildman–Crippen MR) is 80.3 cm³/mol. The van der Waals surface area contributed by atoms with E-state index in [0.29, 0.717) is 9.88 Å². The Hall–Kier alpha value is -1.66. The van der Waals surface area contributed by atoms with Crippen molar-refractivity contribution in [2.75, 3.05) is 5.32 Å². The summed E-state index contributed by atoms with van der Waals surface area (Å²) in [4.78, 5) is 25.4. The minimum absolute atomic E-state index is 0.222. The molecular weight excluding hydrogens is 294 g/mol. The Bertz CT molecular complexity index is 699. The number of fused-ring (bicyclic) bond motifs is 1. The molecule has 0 saturated carbocycles. The number of anilines is 1. The van der Waals surface area contributed by atoms with Gasteiger partial charge in [0.1, 0.15) is 5.00 Å². The number of carboxylic acid groups (broad SMARTS) is 1. The minimum Gasteiger partial charge on any atom is -0.478 e. The Morgan fingerprint density at radius 1 is 1.35 bits per heavy atom. The van der Waals surface area contributed by atoms with Crippen molar-refractivity contribution in [2.24, 2.45) is 0 Å².